The molecule has 1 heterocycles. The van der Waals surface area contributed by atoms with Crippen LogP contribution in [-0.2, 0) is 22.7 Å². The van der Waals surface area contributed by atoms with Crippen molar-refractivity contribution in [3.05, 3.63) is 76.6 Å². The minimum absolute atomic E-state index is 0.0680. The van der Waals surface area contributed by atoms with Crippen molar-refractivity contribution < 1.29 is 19.1 Å². The molecule has 1 aromatic heterocycles. The minimum Gasteiger partial charge on any atom is -0.493 e. The van der Waals surface area contributed by atoms with Crippen LogP contribution in [0.5, 0.6) is 11.5 Å². The second kappa shape index (κ2) is 13.7. The number of halogens is 2. The number of anilines is 1. The van der Waals surface area contributed by atoms with E-state index in [-0.39, 0.29) is 29.1 Å². The van der Waals surface area contributed by atoms with E-state index >= 15 is 0 Å². The third-order valence-corrected chi connectivity index (χ3v) is 6.70. The Bertz CT molecular complexity index is 1310. The molecule has 0 spiro atoms. The Morgan fingerprint density at radius 3 is 2.65 bits per heavy atom. The molecule has 37 heavy (non-hydrogen) atoms. The number of ether oxygens (including phenoxy) is 2. The number of carbonyl (C=O) groups is 2. The molecule has 2 aromatic carbocycles. The quantitative estimate of drug-likeness (QED) is 0.185. The molecule has 0 aliphatic carbocycles. The summed E-state index contributed by atoms with van der Waals surface area (Å²) in [6, 6.07) is 10.3. The van der Waals surface area contributed by atoms with E-state index < -0.39 is 0 Å². The summed E-state index contributed by atoms with van der Waals surface area (Å²) in [5, 5.41) is 15.0. The number of benzene rings is 2. The molecule has 2 amide bonds. The zero-order chi connectivity index (χ0) is 26.8. The number of rotatable bonds is 12. The first-order chi connectivity index (χ1) is 17.9. The SMILES string of the molecule is C=CCn1c(CNC(=O)/C=C/c2ccc(OC)c(OC)c2)nnc1SCC(=O)Nc1cccc(Cl)c1Cl. The number of nitrogens with one attached hydrogen (secondary N) is 2. The summed E-state index contributed by atoms with van der Waals surface area (Å²) < 4.78 is 12.3. The predicted octanol–water partition coefficient (Wildman–Crippen LogP) is 4.85. The summed E-state index contributed by atoms with van der Waals surface area (Å²) in [5.74, 6) is 1.17. The monoisotopic (exact) mass is 561 g/mol. The Hall–Kier alpha value is -3.47. The van der Waals surface area contributed by atoms with Gasteiger partial charge in [-0.25, -0.2) is 0 Å². The van der Waals surface area contributed by atoms with Crippen molar-refractivity contribution >= 4 is 58.5 Å². The van der Waals surface area contributed by atoms with E-state index in [4.69, 9.17) is 32.7 Å². The number of carbonyl (C=O) groups excluding carboxylic acids is 2. The lowest BCUT2D eigenvalue weighted by atomic mass is 10.2. The molecular formula is C25H25Cl2N5O4S. The van der Waals surface area contributed by atoms with E-state index in [1.165, 1.54) is 17.8 Å². The fourth-order valence-electron chi connectivity index (χ4n) is 3.14. The van der Waals surface area contributed by atoms with Gasteiger partial charge in [-0.1, -0.05) is 53.2 Å². The van der Waals surface area contributed by atoms with Crippen molar-refractivity contribution in [3.63, 3.8) is 0 Å². The Labute approximate surface area is 228 Å². The summed E-state index contributed by atoms with van der Waals surface area (Å²) in [4.78, 5) is 24.8. The topological polar surface area (TPSA) is 107 Å². The zero-order valence-electron chi connectivity index (χ0n) is 20.2. The van der Waals surface area contributed by atoms with Crippen molar-refractivity contribution in [1.29, 1.82) is 0 Å². The molecule has 2 N–H and O–H groups in total. The van der Waals surface area contributed by atoms with Gasteiger partial charge in [-0.3, -0.25) is 9.59 Å². The van der Waals surface area contributed by atoms with Crippen molar-refractivity contribution in [3.8, 4) is 11.5 Å². The molecule has 0 aliphatic heterocycles. The first kappa shape index (κ1) is 28.1. The van der Waals surface area contributed by atoms with Crippen LogP contribution in [0.3, 0.4) is 0 Å². The van der Waals surface area contributed by atoms with Gasteiger partial charge in [0.15, 0.2) is 22.5 Å². The third-order valence-electron chi connectivity index (χ3n) is 4.92. The molecule has 12 heteroatoms. The number of amides is 2. The number of nitrogens with zero attached hydrogens (tertiary/aromatic N) is 3. The maximum Gasteiger partial charge on any atom is 0.244 e. The molecule has 0 fully saturated rings. The van der Waals surface area contributed by atoms with Gasteiger partial charge in [0.05, 0.1) is 42.2 Å². The van der Waals surface area contributed by atoms with Crippen molar-refractivity contribution in [2.45, 2.75) is 18.2 Å². The second-order valence-corrected chi connectivity index (χ2v) is 9.13. The normalized spacial score (nSPS) is 10.8. The molecule has 9 nitrogen and oxygen atoms in total. The molecule has 0 atom stereocenters. The van der Waals surface area contributed by atoms with Gasteiger partial charge in [-0.05, 0) is 35.9 Å². The van der Waals surface area contributed by atoms with Gasteiger partial charge in [0.2, 0.25) is 11.8 Å². The molecule has 0 bridgehead atoms. The molecule has 194 valence electrons. The van der Waals surface area contributed by atoms with Gasteiger partial charge in [0.1, 0.15) is 0 Å². The molecule has 0 saturated carbocycles. The van der Waals surface area contributed by atoms with Crippen LogP contribution in [0.25, 0.3) is 6.08 Å². The van der Waals surface area contributed by atoms with E-state index in [9.17, 15) is 9.59 Å². The summed E-state index contributed by atoms with van der Waals surface area (Å²) in [6.07, 6.45) is 4.76. The van der Waals surface area contributed by atoms with E-state index in [2.05, 4.69) is 27.4 Å². The van der Waals surface area contributed by atoms with E-state index in [1.54, 1.807) is 61.3 Å². The lowest BCUT2D eigenvalue weighted by Gasteiger charge is -2.09. The van der Waals surface area contributed by atoms with E-state index in [1.807, 2.05) is 6.07 Å². The average Bonchev–Trinajstić information content (AvgIpc) is 3.28. The van der Waals surface area contributed by atoms with Gasteiger partial charge < -0.3 is 24.7 Å². The Morgan fingerprint density at radius 2 is 1.92 bits per heavy atom. The summed E-state index contributed by atoms with van der Waals surface area (Å²) >= 11 is 13.3. The molecule has 0 unspecified atom stereocenters. The Balaban J connectivity index is 1.58. The molecule has 0 aliphatic rings. The van der Waals surface area contributed by atoms with Crippen LogP contribution in [0.2, 0.25) is 10.0 Å². The summed E-state index contributed by atoms with van der Waals surface area (Å²) in [7, 11) is 3.10. The highest BCUT2D eigenvalue weighted by atomic mass is 35.5. The van der Waals surface area contributed by atoms with Gasteiger partial charge in [0.25, 0.3) is 0 Å². The van der Waals surface area contributed by atoms with Gasteiger partial charge >= 0.3 is 0 Å². The minimum atomic E-state index is -0.310. The maximum atomic E-state index is 12.4. The van der Waals surface area contributed by atoms with Crippen LogP contribution in [0.4, 0.5) is 5.69 Å². The second-order valence-electron chi connectivity index (χ2n) is 7.40. The highest BCUT2D eigenvalue weighted by Crippen LogP contribution is 2.30. The number of hydrogen-bond acceptors (Lipinski definition) is 7. The lowest BCUT2D eigenvalue weighted by Crippen LogP contribution is -2.23. The van der Waals surface area contributed by atoms with Crippen LogP contribution in [0, 0.1) is 0 Å². The zero-order valence-corrected chi connectivity index (χ0v) is 22.5. The smallest absolute Gasteiger partial charge is 0.244 e. The highest BCUT2D eigenvalue weighted by Gasteiger charge is 2.15. The summed E-state index contributed by atoms with van der Waals surface area (Å²) in [6.45, 7) is 4.31. The molecule has 3 aromatic rings. The predicted molar refractivity (Wildman–Crippen MR) is 146 cm³/mol. The lowest BCUT2D eigenvalue weighted by molar-refractivity contribution is -0.116. The van der Waals surface area contributed by atoms with Crippen molar-refractivity contribution in [2.24, 2.45) is 0 Å². The molecule has 0 radical (unpaired) electrons. The first-order valence-electron chi connectivity index (χ1n) is 10.9. The van der Waals surface area contributed by atoms with E-state index in [0.717, 1.165) is 5.56 Å². The molecule has 3 rings (SSSR count). The van der Waals surface area contributed by atoms with Crippen LogP contribution in [-0.4, -0.2) is 46.6 Å². The number of aromatic nitrogens is 3. The standard InChI is InChI=1S/C25H25Cl2N5O4S/c1-4-12-32-21(14-28-22(33)11-9-16-8-10-19(35-2)20(13-16)36-3)30-31-25(32)37-15-23(34)29-18-7-5-6-17(26)24(18)27/h4-11,13H,1,12,14-15H2,2-3H3,(H,28,33)(H,29,34)/b11-9+. The van der Waals surface area contributed by atoms with Crippen LogP contribution >= 0.6 is 35.0 Å². The molecular weight excluding hydrogens is 537 g/mol. The van der Waals surface area contributed by atoms with E-state index in [0.29, 0.717) is 39.7 Å². The maximum absolute atomic E-state index is 12.4. The Kier molecular flexibility index (Phi) is 10.4. The van der Waals surface area contributed by atoms with Gasteiger partial charge in [0, 0.05) is 12.6 Å². The largest absolute Gasteiger partial charge is 0.493 e. The van der Waals surface area contributed by atoms with Crippen LogP contribution in [0.1, 0.15) is 11.4 Å². The number of thioether (sulfide) groups is 1. The Morgan fingerprint density at radius 1 is 1.14 bits per heavy atom. The summed E-state index contributed by atoms with van der Waals surface area (Å²) in [5.41, 5.74) is 1.20. The number of hydrogen-bond donors (Lipinski definition) is 2. The first-order valence-corrected chi connectivity index (χ1v) is 12.7. The van der Waals surface area contributed by atoms with Gasteiger partial charge in [-0.15, -0.1) is 16.8 Å². The fourth-order valence-corrected chi connectivity index (χ4v) is 4.25. The van der Waals surface area contributed by atoms with Crippen molar-refractivity contribution in [2.75, 3.05) is 25.3 Å². The fraction of sp³-hybridized carbons (Fsp3) is 0.200. The average molecular weight is 562 g/mol. The number of methoxy groups -OCH3 is 2. The number of allylic oxidation sites excluding steroid dienone is 1. The highest BCUT2D eigenvalue weighted by molar-refractivity contribution is 7.99. The van der Waals surface area contributed by atoms with Crippen molar-refractivity contribution in [1.82, 2.24) is 20.1 Å². The third kappa shape index (κ3) is 7.75. The van der Waals surface area contributed by atoms with Gasteiger partial charge in [-0.2, -0.15) is 0 Å². The van der Waals surface area contributed by atoms with Crippen LogP contribution in [0.15, 0.2) is 60.3 Å². The molecule has 0 saturated heterocycles. The van der Waals surface area contributed by atoms with Crippen LogP contribution < -0.4 is 20.1 Å².